The van der Waals surface area contributed by atoms with Gasteiger partial charge in [-0.3, -0.25) is 0 Å². The Balaban J connectivity index is 0.981. The number of hydrogen-bond donors (Lipinski definition) is 0. The minimum absolute atomic E-state index is 0.116. The van der Waals surface area contributed by atoms with E-state index in [1.54, 1.807) is 0 Å². The van der Waals surface area contributed by atoms with E-state index < -0.39 is 0 Å². The van der Waals surface area contributed by atoms with E-state index in [0.29, 0.717) is 11.8 Å². The zero-order valence-electron chi connectivity index (χ0n) is 37.0. The average Bonchev–Trinajstić information content (AvgIpc) is 3.30. The lowest BCUT2D eigenvalue weighted by molar-refractivity contribution is -0.106. The van der Waals surface area contributed by atoms with Crippen molar-refractivity contribution in [1.29, 1.82) is 0 Å². The third kappa shape index (κ3) is 11.9. The third-order valence-corrected chi connectivity index (χ3v) is 14.8. The molecule has 0 amide bonds. The van der Waals surface area contributed by atoms with Crippen molar-refractivity contribution in [3.05, 3.63) is 119 Å². The summed E-state index contributed by atoms with van der Waals surface area (Å²) >= 11 is 0. The maximum atomic E-state index is 6.24. The first-order valence-corrected chi connectivity index (χ1v) is 24.6. The molecule has 2 heterocycles. The van der Waals surface area contributed by atoms with Gasteiger partial charge in [0.25, 0.3) is 0 Å². The fourth-order valence-electron chi connectivity index (χ4n) is 11.2. The summed E-state index contributed by atoms with van der Waals surface area (Å²) in [6.45, 7) is 6.28. The van der Waals surface area contributed by atoms with Gasteiger partial charge in [-0.25, -0.2) is 0 Å². The van der Waals surface area contributed by atoms with Crippen molar-refractivity contribution in [3.8, 4) is 22.6 Å². The summed E-state index contributed by atoms with van der Waals surface area (Å²) in [7, 11) is 0. The molecule has 2 aliphatic carbocycles. The van der Waals surface area contributed by atoms with E-state index in [-0.39, 0.29) is 12.6 Å². The van der Waals surface area contributed by atoms with Gasteiger partial charge in [-0.1, -0.05) is 164 Å². The summed E-state index contributed by atoms with van der Waals surface area (Å²) in [5, 5.41) is 0. The lowest BCUT2D eigenvalue weighted by atomic mass is 9.74. The first-order valence-electron chi connectivity index (χ1n) is 24.6. The first-order chi connectivity index (χ1) is 29.6. The van der Waals surface area contributed by atoms with Gasteiger partial charge in [-0.2, -0.15) is 0 Å². The Kier molecular flexibility index (Phi) is 15.8. The van der Waals surface area contributed by atoms with Crippen LogP contribution in [0.5, 0.6) is 11.5 Å². The van der Waals surface area contributed by atoms with Crippen LogP contribution in [0, 0.1) is 23.7 Å². The van der Waals surface area contributed by atoms with Crippen LogP contribution >= 0.6 is 0 Å². The molecule has 0 bridgehead atoms. The Morgan fingerprint density at radius 1 is 0.417 bits per heavy atom. The van der Waals surface area contributed by atoms with Crippen LogP contribution in [-0.4, -0.2) is 25.8 Å². The van der Waals surface area contributed by atoms with Crippen molar-refractivity contribution in [3.63, 3.8) is 0 Å². The first kappa shape index (κ1) is 43.1. The van der Waals surface area contributed by atoms with Crippen LogP contribution in [-0.2, 0) is 9.47 Å². The van der Waals surface area contributed by atoms with Crippen LogP contribution in [0.25, 0.3) is 11.1 Å². The van der Waals surface area contributed by atoms with Crippen LogP contribution < -0.4 is 9.47 Å². The van der Waals surface area contributed by atoms with Crippen molar-refractivity contribution < 1.29 is 18.9 Å². The monoisotopic (exact) mass is 811 g/mol. The molecule has 2 aliphatic heterocycles. The SMILES string of the molecule is CCCC1CCC(CC(c2ccc(OC3CCCCO3)cc2)c2ccc(-c3ccc(C(CC4CCC(CCC)CC4)c4ccc(OC5CCCCO5)cc4)cc3)cc2)CC1. The Labute approximate surface area is 363 Å². The van der Waals surface area contributed by atoms with E-state index in [1.807, 2.05) is 0 Å². The highest BCUT2D eigenvalue weighted by Crippen LogP contribution is 2.42. The van der Waals surface area contributed by atoms with Crippen molar-refractivity contribution in [2.75, 3.05) is 13.2 Å². The number of benzene rings is 4. The maximum absolute atomic E-state index is 6.24. The smallest absolute Gasteiger partial charge is 0.199 e. The summed E-state index contributed by atoms with van der Waals surface area (Å²) in [5.74, 6) is 5.98. The zero-order chi connectivity index (χ0) is 40.9. The second-order valence-electron chi connectivity index (χ2n) is 19.1. The average molecular weight is 811 g/mol. The van der Waals surface area contributed by atoms with Gasteiger partial charge in [0, 0.05) is 24.7 Å². The van der Waals surface area contributed by atoms with Gasteiger partial charge < -0.3 is 18.9 Å². The molecule has 4 fully saturated rings. The van der Waals surface area contributed by atoms with Gasteiger partial charge in [0.2, 0.25) is 0 Å². The Hall–Kier alpha value is -3.60. The van der Waals surface area contributed by atoms with E-state index >= 15 is 0 Å². The highest BCUT2D eigenvalue weighted by atomic mass is 16.7. The topological polar surface area (TPSA) is 36.9 Å². The highest BCUT2D eigenvalue weighted by molar-refractivity contribution is 5.64. The summed E-state index contributed by atoms with van der Waals surface area (Å²) in [6.07, 6.45) is 25.2. The van der Waals surface area contributed by atoms with Crippen LogP contribution in [0.4, 0.5) is 0 Å². The minimum atomic E-state index is -0.116. The molecule has 322 valence electrons. The van der Waals surface area contributed by atoms with E-state index in [2.05, 4.69) is 111 Å². The van der Waals surface area contributed by atoms with E-state index in [4.69, 9.17) is 18.9 Å². The Morgan fingerprint density at radius 2 is 0.750 bits per heavy atom. The Morgan fingerprint density at radius 3 is 1.07 bits per heavy atom. The fourth-order valence-corrected chi connectivity index (χ4v) is 11.2. The molecule has 0 aromatic heterocycles. The number of hydrogen-bond acceptors (Lipinski definition) is 4. The van der Waals surface area contributed by atoms with Gasteiger partial charge in [0.15, 0.2) is 12.6 Å². The molecule has 4 aromatic rings. The summed E-state index contributed by atoms with van der Waals surface area (Å²) < 4.78 is 24.2. The summed E-state index contributed by atoms with van der Waals surface area (Å²) in [5.41, 5.74) is 8.21. The molecular weight excluding hydrogens is 737 g/mol. The van der Waals surface area contributed by atoms with Crippen LogP contribution in [0.15, 0.2) is 97.1 Å². The zero-order valence-corrected chi connectivity index (χ0v) is 37.0. The van der Waals surface area contributed by atoms with Crippen molar-refractivity contribution in [2.45, 2.75) is 167 Å². The maximum Gasteiger partial charge on any atom is 0.199 e. The molecule has 0 N–H and O–H groups in total. The summed E-state index contributed by atoms with van der Waals surface area (Å²) in [6, 6.07) is 37.1. The molecule has 4 atom stereocenters. The summed E-state index contributed by atoms with van der Waals surface area (Å²) in [4.78, 5) is 0. The van der Waals surface area contributed by atoms with E-state index in [1.165, 1.54) is 136 Å². The molecule has 4 heteroatoms. The van der Waals surface area contributed by atoms with Gasteiger partial charge >= 0.3 is 0 Å². The van der Waals surface area contributed by atoms with Gasteiger partial charge in [-0.05, 0) is 120 Å². The van der Waals surface area contributed by atoms with Crippen LogP contribution in [0.3, 0.4) is 0 Å². The van der Waals surface area contributed by atoms with Crippen molar-refractivity contribution in [1.82, 2.24) is 0 Å². The van der Waals surface area contributed by atoms with Crippen molar-refractivity contribution in [2.24, 2.45) is 23.7 Å². The van der Waals surface area contributed by atoms with E-state index in [9.17, 15) is 0 Å². The molecule has 2 saturated carbocycles. The second-order valence-corrected chi connectivity index (χ2v) is 19.1. The molecule has 4 unspecified atom stereocenters. The molecule has 8 rings (SSSR count). The molecule has 0 radical (unpaired) electrons. The van der Waals surface area contributed by atoms with Gasteiger partial charge in [-0.15, -0.1) is 0 Å². The van der Waals surface area contributed by atoms with Gasteiger partial charge in [0.1, 0.15) is 11.5 Å². The fraction of sp³-hybridized carbons (Fsp3) is 0.571. The normalized spacial score (nSPS) is 25.9. The molecule has 2 saturated heterocycles. The number of rotatable bonds is 17. The van der Waals surface area contributed by atoms with Gasteiger partial charge in [0.05, 0.1) is 13.2 Å². The van der Waals surface area contributed by atoms with Crippen LogP contribution in [0.1, 0.15) is 176 Å². The predicted octanol–water partition coefficient (Wildman–Crippen LogP) is 15.4. The molecule has 60 heavy (non-hydrogen) atoms. The third-order valence-electron chi connectivity index (χ3n) is 14.8. The molecular formula is C56H74O4. The Bertz CT molecular complexity index is 1670. The molecule has 4 aliphatic rings. The predicted molar refractivity (Wildman–Crippen MR) is 247 cm³/mol. The molecule has 4 aromatic carbocycles. The van der Waals surface area contributed by atoms with E-state index in [0.717, 1.165) is 74.1 Å². The van der Waals surface area contributed by atoms with Crippen molar-refractivity contribution >= 4 is 0 Å². The lowest BCUT2D eigenvalue weighted by Crippen LogP contribution is -2.24. The minimum Gasteiger partial charge on any atom is -0.465 e. The molecule has 4 nitrogen and oxygen atoms in total. The largest absolute Gasteiger partial charge is 0.465 e. The van der Waals surface area contributed by atoms with Crippen LogP contribution in [0.2, 0.25) is 0 Å². The lowest BCUT2D eigenvalue weighted by Gasteiger charge is -2.31. The highest BCUT2D eigenvalue weighted by Gasteiger charge is 2.28. The molecule has 0 spiro atoms. The quantitative estimate of drug-likeness (QED) is 0.106. The number of ether oxygens (including phenoxy) is 4. The standard InChI is InChI=1S/C56H74O4/c1-3-9-41-13-17-43(18-14-41)39-53(49-29-33-51(34-30-49)59-55-11-5-7-37-57-55)47-25-21-45(22-26-47)46-23-27-48(28-24-46)54(40-44-19-15-42(10-4-2)16-20-44)50-31-35-52(36-32-50)60-56-12-6-8-38-58-56/h21-36,41-44,53-56H,3-20,37-40H2,1-2H3. The second kappa shape index (κ2) is 22.0.